The Labute approximate surface area is 115 Å². The van der Waals surface area contributed by atoms with Crippen molar-refractivity contribution in [1.82, 2.24) is 0 Å². The van der Waals surface area contributed by atoms with E-state index in [1.165, 1.54) is 0 Å². The highest BCUT2D eigenvalue weighted by Crippen LogP contribution is 2.42. The highest BCUT2D eigenvalue weighted by atomic mass is 79.9. The van der Waals surface area contributed by atoms with Crippen molar-refractivity contribution < 1.29 is 14.6 Å². The molecular formula is C14H17BrO3. The molecule has 18 heavy (non-hydrogen) atoms. The summed E-state index contributed by atoms with van der Waals surface area (Å²) < 4.78 is 6.37. The highest BCUT2D eigenvalue weighted by Gasteiger charge is 2.46. The fraction of sp³-hybridized carbons (Fsp3) is 0.500. The van der Waals surface area contributed by atoms with Gasteiger partial charge in [-0.25, -0.2) is 0 Å². The maximum Gasteiger partial charge on any atom is 0.309 e. The molecule has 0 saturated carbocycles. The van der Waals surface area contributed by atoms with Crippen LogP contribution in [0.2, 0.25) is 0 Å². The minimum Gasteiger partial charge on any atom is -0.481 e. The van der Waals surface area contributed by atoms with Gasteiger partial charge in [0.2, 0.25) is 0 Å². The van der Waals surface area contributed by atoms with E-state index in [1.807, 2.05) is 24.3 Å². The third-order valence-corrected chi connectivity index (χ3v) is 4.10. The molecule has 0 aliphatic carbocycles. The summed E-state index contributed by atoms with van der Waals surface area (Å²) in [6.45, 7) is 4.75. The molecule has 3 nitrogen and oxygen atoms in total. The van der Waals surface area contributed by atoms with Gasteiger partial charge in [0.25, 0.3) is 0 Å². The lowest BCUT2D eigenvalue weighted by atomic mass is 9.68. The zero-order valence-corrected chi connectivity index (χ0v) is 12.2. The van der Waals surface area contributed by atoms with Crippen LogP contribution in [0, 0.1) is 5.41 Å². The second-order valence-corrected chi connectivity index (χ2v) is 6.56. The highest BCUT2D eigenvalue weighted by molar-refractivity contribution is 9.10. The zero-order chi connectivity index (χ0) is 13.4. The average molecular weight is 313 g/mol. The van der Waals surface area contributed by atoms with Crippen molar-refractivity contribution in [3.8, 4) is 0 Å². The molecular weight excluding hydrogens is 296 g/mol. The maximum atomic E-state index is 11.3. The summed E-state index contributed by atoms with van der Waals surface area (Å²) in [5, 5.41) is 9.27. The van der Waals surface area contributed by atoms with Gasteiger partial charge in [0, 0.05) is 9.89 Å². The van der Waals surface area contributed by atoms with E-state index in [4.69, 9.17) is 4.74 Å². The number of hydrogen-bond donors (Lipinski definition) is 1. The van der Waals surface area contributed by atoms with Crippen molar-refractivity contribution in [2.45, 2.75) is 25.7 Å². The maximum absolute atomic E-state index is 11.3. The number of carboxylic acid groups (broad SMARTS) is 1. The molecule has 0 radical (unpaired) electrons. The molecule has 1 fully saturated rings. The quantitative estimate of drug-likeness (QED) is 0.928. The third-order valence-electron chi connectivity index (χ3n) is 3.57. The molecule has 1 aliphatic rings. The predicted molar refractivity (Wildman–Crippen MR) is 72.7 cm³/mol. The molecule has 1 aromatic rings. The van der Waals surface area contributed by atoms with E-state index in [2.05, 4.69) is 15.9 Å². The second-order valence-electron chi connectivity index (χ2n) is 5.65. The van der Waals surface area contributed by atoms with Crippen LogP contribution in [0.25, 0.3) is 0 Å². The van der Waals surface area contributed by atoms with Crippen molar-refractivity contribution in [2.24, 2.45) is 5.41 Å². The van der Waals surface area contributed by atoms with E-state index in [1.54, 1.807) is 13.8 Å². The van der Waals surface area contributed by atoms with Gasteiger partial charge in [-0.2, -0.15) is 0 Å². The first-order chi connectivity index (χ1) is 8.36. The van der Waals surface area contributed by atoms with E-state index in [9.17, 15) is 9.90 Å². The summed E-state index contributed by atoms with van der Waals surface area (Å²) in [6.07, 6.45) is 0.594. The van der Waals surface area contributed by atoms with Crippen LogP contribution in [-0.4, -0.2) is 24.3 Å². The Bertz CT molecular complexity index is 447. The Balaban J connectivity index is 2.26. The molecule has 2 rings (SSSR count). The van der Waals surface area contributed by atoms with Crippen LogP contribution in [0.1, 0.15) is 25.8 Å². The van der Waals surface area contributed by atoms with Crippen molar-refractivity contribution >= 4 is 21.9 Å². The van der Waals surface area contributed by atoms with Crippen LogP contribution < -0.4 is 0 Å². The van der Waals surface area contributed by atoms with Gasteiger partial charge in [-0.1, -0.05) is 28.1 Å². The minimum absolute atomic E-state index is 0.150. The van der Waals surface area contributed by atoms with Crippen LogP contribution in [-0.2, 0) is 14.9 Å². The Hall–Kier alpha value is -0.870. The van der Waals surface area contributed by atoms with Gasteiger partial charge in [0.1, 0.15) is 0 Å². The molecule has 98 valence electrons. The van der Waals surface area contributed by atoms with E-state index >= 15 is 0 Å². The van der Waals surface area contributed by atoms with Crippen LogP contribution in [0.4, 0.5) is 0 Å². The molecule has 0 amide bonds. The molecule has 0 atom stereocenters. The van der Waals surface area contributed by atoms with Crippen LogP contribution in [0.3, 0.4) is 0 Å². The predicted octanol–water partition coefficient (Wildman–Crippen LogP) is 3.22. The Morgan fingerprint density at radius 1 is 1.39 bits per heavy atom. The molecule has 0 aromatic heterocycles. The lowest BCUT2D eigenvalue weighted by molar-refractivity contribution is -0.152. The SMILES string of the molecule is CC(C)(CC1(c2ccc(Br)cc2)COC1)C(=O)O. The molecule has 1 N–H and O–H groups in total. The van der Waals surface area contributed by atoms with E-state index < -0.39 is 11.4 Å². The molecule has 1 aromatic carbocycles. The fourth-order valence-corrected chi connectivity index (χ4v) is 2.71. The van der Waals surface area contributed by atoms with Crippen molar-refractivity contribution in [3.05, 3.63) is 34.3 Å². The van der Waals surface area contributed by atoms with Crippen LogP contribution in [0.15, 0.2) is 28.7 Å². The Morgan fingerprint density at radius 3 is 2.33 bits per heavy atom. The smallest absolute Gasteiger partial charge is 0.309 e. The summed E-state index contributed by atoms with van der Waals surface area (Å²) >= 11 is 3.41. The van der Waals surface area contributed by atoms with Gasteiger partial charge in [-0.3, -0.25) is 4.79 Å². The minimum atomic E-state index is -0.758. The van der Waals surface area contributed by atoms with E-state index in [0.29, 0.717) is 19.6 Å². The summed E-state index contributed by atoms with van der Waals surface area (Å²) in [4.78, 5) is 11.3. The Morgan fingerprint density at radius 2 is 1.94 bits per heavy atom. The number of aliphatic carboxylic acids is 1. The number of hydrogen-bond acceptors (Lipinski definition) is 2. The van der Waals surface area contributed by atoms with Gasteiger partial charge in [-0.05, 0) is 38.0 Å². The molecule has 1 saturated heterocycles. The van der Waals surface area contributed by atoms with Gasteiger partial charge < -0.3 is 9.84 Å². The van der Waals surface area contributed by atoms with Crippen molar-refractivity contribution in [2.75, 3.05) is 13.2 Å². The standard InChI is InChI=1S/C14H17BrO3/c1-13(2,12(16)17)7-14(8-18-9-14)10-3-5-11(15)6-4-10/h3-6H,7-9H2,1-2H3,(H,16,17). The normalized spacial score (nSPS) is 18.2. The van der Waals surface area contributed by atoms with Crippen molar-refractivity contribution in [3.63, 3.8) is 0 Å². The number of ether oxygens (including phenoxy) is 1. The lowest BCUT2D eigenvalue weighted by Gasteiger charge is -2.45. The first kappa shape index (κ1) is 13.6. The molecule has 1 heterocycles. The molecule has 4 heteroatoms. The van der Waals surface area contributed by atoms with Gasteiger partial charge >= 0.3 is 5.97 Å². The first-order valence-corrected chi connectivity index (χ1v) is 6.72. The topological polar surface area (TPSA) is 46.5 Å². The number of rotatable bonds is 4. The van der Waals surface area contributed by atoms with Crippen molar-refractivity contribution in [1.29, 1.82) is 0 Å². The van der Waals surface area contributed by atoms with Gasteiger partial charge in [0.05, 0.1) is 18.6 Å². The molecule has 0 bridgehead atoms. The van der Waals surface area contributed by atoms with Gasteiger partial charge in [0.15, 0.2) is 0 Å². The number of carbonyl (C=O) groups is 1. The third kappa shape index (κ3) is 2.45. The summed E-state index contributed by atoms with van der Waals surface area (Å²) in [5.74, 6) is -0.758. The van der Waals surface area contributed by atoms with Crippen LogP contribution in [0.5, 0.6) is 0 Å². The summed E-state index contributed by atoms with van der Waals surface area (Å²) in [5.41, 5.74) is 0.269. The van der Waals surface area contributed by atoms with E-state index in [0.717, 1.165) is 10.0 Å². The zero-order valence-electron chi connectivity index (χ0n) is 10.6. The van der Waals surface area contributed by atoms with Gasteiger partial charge in [-0.15, -0.1) is 0 Å². The number of halogens is 1. The molecule has 1 aliphatic heterocycles. The summed E-state index contributed by atoms with van der Waals surface area (Å²) in [6, 6.07) is 8.07. The molecule has 0 unspecified atom stereocenters. The number of benzene rings is 1. The largest absolute Gasteiger partial charge is 0.481 e. The second kappa shape index (κ2) is 4.67. The number of carboxylic acids is 1. The fourth-order valence-electron chi connectivity index (χ4n) is 2.44. The lowest BCUT2D eigenvalue weighted by Crippen LogP contribution is -2.50. The average Bonchev–Trinajstić information content (AvgIpc) is 2.25. The first-order valence-electron chi connectivity index (χ1n) is 5.93. The monoisotopic (exact) mass is 312 g/mol. The Kier molecular flexibility index (Phi) is 3.52. The van der Waals surface area contributed by atoms with Crippen LogP contribution >= 0.6 is 15.9 Å². The summed E-state index contributed by atoms with van der Waals surface area (Å²) in [7, 11) is 0. The molecule has 0 spiro atoms. The van der Waals surface area contributed by atoms with E-state index in [-0.39, 0.29) is 5.41 Å².